The van der Waals surface area contributed by atoms with E-state index in [1.54, 1.807) is 4.90 Å². The van der Waals surface area contributed by atoms with Crippen LogP contribution in [0.25, 0.3) is 0 Å². The molecule has 1 heterocycles. The molecule has 0 spiro atoms. The van der Waals surface area contributed by atoms with Gasteiger partial charge in [-0.1, -0.05) is 29.8 Å². The number of aliphatic hydroxyl groups excluding tert-OH is 1. The van der Waals surface area contributed by atoms with Crippen molar-refractivity contribution in [2.24, 2.45) is 0 Å². The molecule has 0 aliphatic carbocycles. The molecule has 1 unspecified atom stereocenters. The monoisotopic (exact) mass is 233 g/mol. The molecule has 0 aromatic heterocycles. The number of hydrogen-bond acceptors (Lipinski definition) is 2. The number of β-amino-alcohol motifs (C(OH)–C–C–N with tert-alkyl or cyclic N) is 1. The summed E-state index contributed by atoms with van der Waals surface area (Å²) in [5, 5.41) is 9.37. The number of rotatable bonds is 3. The molecule has 1 atom stereocenters. The van der Waals surface area contributed by atoms with E-state index in [1.165, 1.54) is 11.1 Å². The van der Waals surface area contributed by atoms with Crippen molar-refractivity contribution in [3.8, 4) is 0 Å². The Hall–Kier alpha value is -1.35. The molecule has 3 nitrogen and oxygen atoms in total. The molecule has 1 aliphatic rings. The summed E-state index contributed by atoms with van der Waals surface area (Å²) in [7, 11) is 0. The molecule has 2 rings (SSSR count). The van der Waals surface area contributed by atoms with Crippen molar-refractivity contribution in [3.05, 3.63) is 35.4 Å². The highest BCUT2D eigenvalue weighted by Gasteiger charge is 2.23. The lowest BCUT2D eigenvalue weighted by atomic mass is 10.1. The Morgan fingerprint density at radius 1 is 1.41 bits per heavy atom. The minimum absolute atomic E-state index is 0.155. The number of carbonyl (C=O) groups is 1. The minimum atomic E-state index is -0.321. The van der Waals surface area contributed by atoms with Gasteiger partial charge in [0.1, 0.15) is 0 Å². The van der Waals surface area contributed by atoms with Crippen LogP contribution in [0, 0.1) is 6.92 Å². The third-order valence-corrected chi connectivity index (χ3v) is 3.26. The number of likely N-dealkylation sites (tertiary alicyclic amines) is 1. The Morgan fingerprint density at radius 3 is 2.71 bits per heavy atom. The van der Waals surface area contributed by atoms with E-state index in [9.17, 15) is 9.90 Å². The van der Waals surface area contributed by atoms with Gasteiger partial charge in [0.15, 0.2) is 0 Å². The second-order valence-corrected chi connectivity index (χ2v) is 4.77. The smallest absolute Gasteiger partial charge is 0.222 e. The maximum atomic E-state index is 11.8. The van der Waals surface area contributed by atoms with E-state index >= 15 is 0 Å². The summed E-state index contributed by atoms with van der Waals surface area (Å²) in [6, 6.07) is 8.28. The number of aliphatic hydroxyl groups is 1. The Labute approximate surface area is 102 Å². The molecule has 1 N–H and O–H groups in total. The molecule has 1 saturated heterocycles. The fourth-order valence-corrected chi connectivity index (χ4v) is 2.13. The van der Waals surface area contributed by atoms with Gasteiger partial charge in [-0.2, -0.15) is 0 Å². The zero-order chi connectivity index (χ0) is 12.3. The maximum Gasteiger partial charge on any atom is 0.222 e. The van der Waals surface area contributed by atoms with Crippen molar-refractivity contribution in [2.45, 2.75) is 32.3 Å². The standard InChI is InChI=1S/C14H19NO2/c1-11-2-4-12(5-3-11)6-7-14(17)15-9-8-13(16)10-15/h2-5,13,16H,6-10H2,1H3. The predicted molar refractivity (Wildman–Crippen MR) is 66.7 cm³/mol. The number of nitrogens with zero attached hydrogens (tertiary/aromatic N) is 1. The van der Waals surface area contributed by atoms with Gasteiger partial charge in [0.25, 0.3) is 0 Å². The number of aryl methyl sites for hydroxylation is 2. The summed E-state index contributed by atoms with van der Waals surface area (Å²) in [5.74, 6) is 0.155. The first kappa shape index (κ1) is 12.1. The van der Waals surface area contributed by atoms with E-state index in [0.29, 0.717) is 19.5 Å². The molecule has 0 bridgehead atoms. The van der Waals surface area contributed by atoms with Crippen molar-refractivity contribution < 1.29 is 9.90 Å². The quantitative estimate of drug-likeness (QED) is 0.860. The van der Waals surface area contributed by atoms with Gasteiger partial charge in [-0.15, -0.1) is 0 Å². The van der Waals surface area contributed by atoms with Crippen LogP contribution in [-0.4, -0.2) is 35.1 Å². The summed E-state index contributed by atoms with van der Waals surface area (Å²) < 4.78 is 0. The van der Waals surface area contributed by atoms with Crippen LogP contribution >= 0.6 is 0 Å². The van der Waals surface area contributed by atoms with Crippen LogP contribution in [0.2, 0.25) is 0 Å². The van der Waals surface area contributed by atoms with E-state index in [4.69, 9.17) is 0 Å². The summed E-state index contributed by atoms with van der Waals surface area (Å²) in [5.41, 5.74) is 2.44. The van der Waals surface area contributed by atoms with Crippen LogP contribution in [0.1, 0.15) is 24.0 Å². The number of amides is 1. The van der Waals surface area contributed by atoms with Gasteiger partial charge in [0, 0.05) is 19.5 Å². The first-order valence-electron chi connectivity index (χ1n) is 6.16. The van der Waals surface area contributed by atoms with Gasteiger partial charge in [0.2, 0.25) is 5.91 Å². The molecule has 1 amide bonds. The van der Waals surface area contributed by atoms with Gasteiger partial charge in [-0.25, -0.2) is 0 Å². The highest BCUT2D eigenvalue weighted by atomic mass is 16.3. The molecule has 1 aliphatic heterocycles. The lowest BCUT2D eigenvalue weighted by molar-refractivity contribution is -0.130. The van der Waals surface area contributed by atoms with E-state index in [1.807, 2.05) is 0 Å². The first-order valence-corrected chi connectivity index (χ1v) is 6.16. The lowest BCUT2D eigenvalue weighted by Gasteiger charge is -2.15. The Kier molecular flexibility index (Phi) is 3.79. The predicted octanol–water partition coefficient (Wildman–Crippen LogP) is 1.52. The zero-order valence-electron chi connectivity index (χ0n) is 10.2. The molecule has 17 heavy (non-hydrogen) atoms. The van der Waals surface area contributed by atoms with E-state index in [0.717, 1.165) is 12.8 Å². The third kappa shape index (κ3) is 3.30. The molecule has 1 aromatic rings. The molecule has 1 aromatic carbocycles. The molecular weight excluding hydrogens is 214 g/mol. The van der Waals surface area contributed by atoms with Gasteiger partial charge in [-0.05, 0) is 25.3 Å². The van der Waals surface area contributed by atoms with E-state index in [-0.39, 0.29) is 12.0 Å². The number of benzene rings is 1. The molecule has 0 saturated carbocycles. The van der Waals surface area contributed by atoms with Crippen LogP contribution < -0.4 is 0 Å². The fourth-order valence-electron chi connectivity index (χ4n) is 2.13. The van der Waals surface area contributed by atoms with Crippen molar-refractivity contribution in [1.82, 2.24) is 4.90 Å². The third-order valence-electron chi connectivity index (χ3n) is 3.26. The highest BCUT2D eigenvalue weighted by molar-refractivity contribution is 5.76. The Bertz CT molecular complexity index is 386. The Morgan fingerprint density at radius 2 is 2.12 bits per heavy atom. The summed E-state index contributed by atoms with van der Waals surface area (Å²) in [6.07, 6.45) is 1.72. The zero-order valence-corrected chi connectivity index (χ0v) is 10.2. The number of carbonyl (C=O) groups excluding carboxylic acids is 1. The van der Waals surface area contributed by atoms with Crippen molar-refractivity contribution in [1.29, 1.82) is 0 Å². The molecule has 92 valence electrons. The molecule has 3 heteroatoms. The molecular formula is C14H19NO2. The molecule has 1 fully saturated rings. The van der Waals surface area contributed by atoms with Crippen LogP contribution in [-0.2, 0) is 11.2 Å². The minimum Gasteiger partial charge on any atom is -0.391 e. The average molecular weight is 233 g/mol. The van der Waals surface area contributed by atoms with Crippen molar-refractivity contribution in [3.63, 3.8) is 0 Å². The van der Waals surface area contributed by atoms with Crippen molar-refractivity contribution in [2.75, 3.05) is 13.1 Å². The van der Waals surface area contributed by atoms with Crippen LogP contribution in [0.15, 0.2) is 24.3 Å². The van der Waals surface area contributed by atoms with E-state index in [2.05, 4.69) is 31.2 Å². The summed E-state index contributed by atoms with van der Waals surface area (Å²) >= 11 is 0. The lowest BCUT2D eigenvalue weighted by Crippen LogP contribution is -2.29. The average Bonchev–Trinajstić information content (AvgIpc) is 2.75. The van der Waals surface area contributed by atoms with Crippen LogP contribution in [0.5, 0.6) is 0 Å². The van der Waals surface area contributed by atoms with Crippen molar-refractivity contribution >= 4 is 5.91 Å². The second-order valence-electron chi connectivity index (χ2n) is 4.77. The first-order chi connectivity index (χ1) is 8.15. The van der Waals surface area contributed by atoms with Crippen LogP contribution in [0.4, 0.5) is 0 Å². The second kappa shape index (κ2) is 5.32. The van der Waals surface area contributed by atoms with E-state index < -0.39 is 0 Å². The summed E-state index contributed by atoms with van der Waals surface area (Å²) in [4.78, 5) is 13.6. The largest absolute Gasteiger partial charge is 0.391 e. The normalized spacial score (nSPS) is 19.6. The molecule has 0 radical (unpaired) electrons. The maximum absolute atomic E-state index is 11.8. The van der Waals surface area contributed by atoms with Gasteiger partial charge >= 0.3 is 0 Å². The topological polar surface area (TPSA) is 40.5 Å². The van der Waals surface area contributed by atoms with Gasteiger partial charge in [-0.3, -0.25) is 4.79 Å². The van der Waals surface area contributed by atoms with Crippen LogP contribution in [0.3, 0.4) is 0 Å². The summed E-state index contributed by atoms with van der Waals surface area (Å²) in [6.45, 7) is 3.27. The van der Waals surface area contributed by atoms with Gasteiger partial charge in [0.05, 0.1) is 6.10 Å². The SMILES string of the molecule is Cc1ccc(CCC(=O)N2CCC(O)C2)cc1. The Balaban J connectivity index is 1.82. The highest BCUT2D eigenvalue weighted by Crippen LogP contribution is 2.12. The van der Waals surface area contributed by atoms with Gasteiger partial charge < -0.3 is 10.0 Å². The fraction of sp³-hybridized carbons (Fsp3) is 0.500. The number of hydrogen-bond donors (Lipinski definition) is 1.